The summed E-state index contributed by atoms with van der Waals surface area (Å²) < 4.78 is 58.1. The Morgan fingerprint density at radius 1 is 0.939 bits per heavy atom. The Bertz CT molecular complexity index is 1220. The number of amides is 1. The van der Waals surface area contributed by atoms with Gasteiger partial charge in [-0.15, -0.1) is 0 Å². The van der Waals surface area contributed by atoms with Crippen molar-refractivity contribution in [3.05, 3.63) is 86.6 Å². The van der Waals surface area contributed by atoms with Gasteiger partial charge in [-0.1, -0.05) is 40.9 Å². The van der Waals surface area contributed by atoms with E-state index < -0.39 is 23.5 Å². The number of halogens is 7. The van der Waals surface area contributed by atoms with E-state index in [0.717, 1.165) is 18.2 Å². The highest BCUT2D eigenvalue weighted by atomic mass is 35.5. The molecule has 0 saturated carbocycles. The topological polar surface area (TPSA) is 50.4 Å². The van der Waals surface area contributed by atoms with Gasteiger partial charge in [-0.3, -0.25) is 10.1 Å². The monoisotopic (exact) mass is 536 g/mol. The first kappa shape index (κ1) is 25.0. The van der Waals surface area contributed by atoms with Crippen LogP contribution < -0.4 is 15.4 Å². The molecular formula is C21H11Cl3F4N2O2S. The number of nitrogens with one attached hydrogen (secondary N) is 2. The summed E-state index contributed by atoms with van der Waals surface area (Å²) in [5, 5.41) is 4.54. The van der Waals surface area contributed by atoms with Gasteiger partial charge in [-0.25, -0.2) is 4.39 Å². The third kappa shape index (κ3) is 6.26. The molecule has 0 aliphatic carbocycles. The maximum Gasteiger partial charge on any atom is 0.416 e. The van der Waals surface area contributed by atoms with Crippen molar-refractivity contribution < 1.29 is 27.1 Å². The maximum absolute atomic E-state index is 14.5. The molecule has 0 aliphatic rings. The highest BCUT2D eigenvalue weighted by Gasteiger charge is 2.31. The smallest absolute Gasteiger partial charge is 0.416 e. The zero-order valence-electron chi connectivity index (χ0n) is 16.1. The van der Waals surface area contributed by atoms with Crippen molar-refractivity contribution in [2.75, 3.05) is 5.32 Å². The van der Waals surface area contributed by atoms with Gasteiger partial charge in [0.05, 0.1) is 31.9 Å². The lowest BCUT2D eigenvalue weighted by atomic mass is 10.2. The van der Waals surface area contributed by atoms with E-state index in [0.29, 0.717) is 6.07 Å². The molecule has 3 aromatic carbocycles. The Kier molecular flexibility index (Phi) is 7.69. The van der Waals surface area contributed by atoms with Gasteiger partial charge in [0.2, 0.25) is 0 Å². The molecule has 1 amide bonds. The van der Waals surface area contributed by atoms with Gasteiger partial charge in [0.25, 0.3) is 5.91 Å². The molecular weight excluding hydrogens is 527 g/mol. The molecule has 3 aromatic rings. The van der Waals surface area contributed by atoms with Crippen molar-refractivity contribution in [3.8, 4) is 11.5 Å². The van der Waals surface area contributed by atoms with E-state index in [1.807, 2.05) is 0 Å². The first-order valence-electron chi connectivity index (χ1n) is 8.86. The molecule has 0 heterocycles. The van der Waals surface area contributed by atoms with E-state index in [9.17, 15) is 22.4 Å². The average Bonchev–Trinajstić information content (AvgIpc) is 2.70. The Morgan fingerprint density at radius 3 is 2.18 bits per heavy atom. The van der Waals surface area contributed by atoms with Gasteiger partial charge in [-0.2, -0.15) is 13.2 Å². The molecule has 0 atom stereocenters. The fourth-order valence-corrected chi connectivity index (χ4v) is 3.57. The number of rotatable bonds is 4. The van der Waals surface area contributed by atoms with Gasteiger partial charge in [0, 0.05) is 6.07 Å². The van der Waals surface area contributed by atoms with Crippen molar-refractivity contribution in [2.45, 2.75) is 6.18 Å². The number of alkyl halides is 3. The molecule has 0 saturated heterocycles. The second-order valence-corrected chi connectivity index (χ2v) is 8.02. The van der Waals surface area contributed by atoms with Crippen molar-refractivity contribution in [3.63, 3.8) is 0 Å². The summed E-state index contributed by atoms with van der Waals surface area (Å²) in [5.74, 6) is -1.63. The first-order valence-corrected chi connectivity index (χ1v) is 10.4. The second-order valence-electron chi connectivity index (χ2n) is 6.39. The zero-order chi connectivity index (χ0) is 24.3. The van der Waals surface area contributed by atoms with E-state index in [-0.39, 0.29) is 42.9 Å². The van der Waals surface area contributed by atoms with E-state index in [2.05, 4.69) is 10.6 Å². The number of benzene rings is 3. The van der Waals surface area contributed by atoms with Gasteiger partial charge in [0.15, 0.2) is 5.11 Å². The average molecular weight is 538 g/mol. The lowest BCUT2D eigenvalue weighted by Crippen LogP contribution is -2.34. The van der Waals surface area contributed by atoms with Gasteiger partial charge < -0.3 is 10.1 Å². The predicted octanol–water partition coefficient (Wildman–Crippen LogP) is 7.72. The van der Waals surface area contributed by atoms with E-state index in [4.69, 9.17) is 51.8 Å². The van der Waals surface area contributed by atoms with Crippen molar-refractivity contribution in [2.24, 2.45) is 0 Å². The minimum Gasteiger partial charge on any atom is -0.456 e. The first-order chi connectivity index (χ1) is 15.5. The molecule has 172 valence electrons. The van der Waals surface area contributed by atoms with Crippen molar-refractivity contribution in [1.82, 2.24) is 5.32 Å². The van der Waals surface area contributed by atoms with E-state index >= 15 is 0 Å². The summed E-state index contributed by atoms with van der Waals surface area (Å²) >= 11 is 22.8. The lowest BCUT2D eigenvalue weighted by Gasteiger charge is -2.14. The number of hydrogen-bond donors (Lipinski definition) is 2. The standard InChI is InChI=1S/C21H11Cl3F4N2O2S/c22-12-2-1-3-13(23)18(12)19(31)30-20(33)29-16-6-5-11(9-15(16)25)32-17-7-4-10(8-14(17)24)21(26,27)28/h1-9H,(H2,29,30,31,33). The number of ether oxygens (including phenoxy) is 1. The zero-order valence-corrected chi connectivity index (χ0v) is 19.2. The largest absolute Gasteiger partial charge is 0.456 e. The van der Waals surface area contributed by atoms with Gasteiger partial charge >= 0.3 is 6.18 Å². The van der Waals surface area contributed by atoms with Crippen molar-refractivity contribution >= 4 is 63.7 Å². The van der Waals surface area contributed by atoms with E-state index in [1.54, 1.807) is 6.07 Å². The van der Waals surface area contributed by atoms with Crippen LogP contribution in [0.3, 0.4) is 0 Å². The van der Waals surface area contributed by atoms with Crippen LogP contribution in [0.5, 0.6) is 11.5 Å². The van der Waals surface area contributed by atoms with Crippen LogP contribution in [0.1, 0.15) is 15.9 Å². The summed E-state index contributed by atoms with van der Waals surface area (Å²) in [7, 11) is 0. The summed E-state index contributed by atoms with van der Waals surface area (Å²) in [6.07, 6.45) is -4.56. The molecule has 2 N–H and O–H groups in total. The molecule has 0 unspecified atom stereocenters. The van der Waals surface area contributed by atoms with Crippen LogP contribution in [0, 0.1) is 5.82 Å². The molecule has 0 bridgehead atoms. The van der Waals surface area contributed by atoms with Crippen LogP contribution in [0.4, 0.5) is 23.2 Å². The van der Waals surface area contributed by atoms with Crippen molar-refractivity contribution in [1.29, 1.82) is 0 Å². The molecule has 4 nitrogen and oxygen atoms in total. The molecule has 0 fully saturated rings. The molecule has 3 rings (SSSR count). The number of carbonyl (C=O) groups excluding carboxylic acids is 1. The summed E-state index contributed by atoms with van der Waals surface area (Å²) in [5.41, 5.74) is -1.04. The van der Waals surface area contributed by atoms with Crippen LogP contribution in [0.25, 0.3) is 0 Å². The Balaban J connectivity index is 1.68. The van der Waals surface area contributed by atoms with Gasteiger partial charge in [0.1, 0.15) is 17.3 Å². The van der Waals surface area contributed by atoms with Crippen LogP contribution in [0.2, 0.25) is 15.1 Å². The van der Waals surface area contributed by atoms with Crippen LogP contribution in [-0.2, 0) is 6.18 Å². The highest BCUT2D eigenvalue weighted by molar-refractivity contribution is 7.80. The fraction of sp³-hybridized carbons (Fsp3) is 0.0476. The van der Waals surface area contributed by atoms with Crippen LogP contribution >= 0.6 is 47.0 Å². The normalized spacial score (nSPS) is 11.1. The van der Waals surface area contributed by atoms with Crippen LogP contribution in [0.15, 0.2) is 54.6 Å². The number of thiocarbonyl (C=S) groups is 1. The Hall–Kier alpha value is -2.59. The lowest BCUT2D eigenvalue weighted by molar-refractivity contribution is -0.137. The summed E-state index contributed by atoms with van der Waals surface area (Å²) in [4.78, 5) is 12.3. The molecule has 0 aliphatic heterocycles. The molecule has 0 radical (unpaired) electrons. The summed E-state index contributed by atoms with van der Waals surface area (Å²) in [6, 6.07) is 10.6. The highest BCUT2D eigenvalue weighted by Crippen LogP contribution is 2.36. The second kappa shape index (κ2) is 10.1. The van der Waals surface area contributed by atoms with Crippen LogP contribution in [-0.4, -0.2) is 11.0 Å². The molecule has 0 spiro atoms. The fourth-order valence-electron chi connectivity index (χ4n) is 2.58. The number of anilines is 1. The molecule has 33 heavy (non-hydrogen) atoms. The molecule has 0 aromatic heterocycles. The van der Waals surface area contributed by atoms with E-state index in [1.165, 1.54) is 24.3 Å². The summed E-state index contributed by atoms with van der Waals surface area (Å²) in [6.45, 7) is 0. The Morgan fingerprint density at radius 2 is 1.61 bits per heavy atom. The third-order valence-corrected chi connectivity index (χ3v) is 5.22. The molecule has 12 heteroatoms. The Labute approximate surface area is 205 Å². The third-order valence-electron chi connectivity index (χ3n) is 4.09. The quantitative estimate of drug-likeness (QED) is 0.264. The minimum atomic E-state index is -4.56. The minimum absolute atomic E-state index is 0.00243. The van der Waals surface area contributed by atoms with Gasteiger partial charge in [-0.05, 0) is 54.7 Å². The number of hydrogen-bond acceptors (Lipinski definition) is 3. The number of carbonyl (C=O) groups is 1. The predicted molar refractivity (Wildman–Crippen MR) is 123 cm³/mol. The SMILES string of the molecule is O=C(NC(=S)Nc1ccc(Oc2ccc(C(F)(F)F)cc2Cl)cc1F)c1c(Cl)cccc1Cl. The maximum atomic E-state index is 14.5.